The van der Waals surface area contributed by atoms with Crippen LogP contribution in [0.2, 0.25) is 0 Å². The summed E-state index contributed by atoms with van der Waals surface area (Å²) in [5.41, 5.74) is 3.57. The van der Waals surface area contributed by atoms with Crippen molar-refractivity contribution in [2.24, 2.45) is 5.92 Å². The number of benzene rings is 3. The van der Waals surface area contributed by atoms with E-state index in [4.69, 9.17) is 9.47 Å². The summed E-state index contributed by atoms with van der Waals surface area (Å²) in [6.07, 6.45) is 11.3. The lowest BCUT2D eigenvalue weighted by molar-refractivity contribution is -0.385. The van der Waals surface area contributed by atoms with Gasteiger partial charge in [-0.25, -0.2) is 0 Å². The third-order valence-electron chi connectivity index (χ3n) is 7.07. The molecular formula is C35H43NO4. The summed E-state index contributed by atoms with van der Waals surface area (Å²) in [5, 5.41) is 11.6. The Morgan fingerprint density at radius 1 is 0.750 bits per heavy atom. The van der Waals surface area contributed by atoms with Crippen LogP contribution in [0.1, 0.15) is 89.7 Å². The van der Waals surface area contributed by atoms with Crippen LogP contribution in [0.3, 0.4) is 0 Å². The predicted molar refractivity (Wildman–Crippen MR) is 164 cm³/mol. The van der Waals surface area contributed by atoms with Crippen molar-refractivity contribution in [1.29, 1.82) is 0 Å². The molecule has 0 aromatic heterocycles. The molecule has 0 saturated heterocycles. The third kappa shape index (κ3) is 10.4. The Bertz CT molecular complexity index is 1240. The summed E-state index contributed by atoms with van der Waals surface area (Å²) in [5.74, 6) is 7.67. The fourth-order valence-corrected chi connectivity index (χ4v) is 4.27. The standard InChI is InChI=1S/C35H43NO4/c1-4-6-7-8-9-10-11-12-25-39-33-22-20-32(21-23-33)31-18-15-29(16-19-31)13-14-30-17-24-35(34(26-30)36(37)38)40-27-28(3)5-2/h15-24,26,28H,4-12,25,27H2,1-3H3. The quantitative estimate of drug-likeness (QED) is 0.0784. The van der Waals surface area contributed by atoms with Gasteiger partial charge in [-0.15, -0.1) is 0 Å². The Hall–Kier alpha value is -3.78. The monoisotopic (exact) mass is 541 g/mol. The van der Waals surface area contributed by atoms with Crippen molar-refractivity contribution in [3.63, 3.8) is 0 Å². The molecule has 0 saturated carbocycles. The minimum absolute atomic E-state index is 0.0596. The molecule has 3 aromatic rings. The van der Waals surface area contributed by atoms with E-state index in [1.165, 1.54) is 51.0 Å². The van der Waals surface area contributed by atoms with Crippen molar-refractivity contribution in [2.45, 2.75) is 78.6 Å². The van der Waals surface area contributed by atoms with Gasteiger partial charge in [-0.3, -0.25) is 10.1 Å². The lowest BCUT2D eigenvalue weighted by Gasteiger charge is -2.11. The number of hydrogen-bond acceptors (Lipinski definition) is 4. The van der Waals surface area contributed by atoms with Crippen LogP contribution in [0.5, 0.6) is 11.5 Å². The molecule has 3 rings (SSSR count). The van der Waals surface area contributed by atoms with E-state index in [0.717, 1.165) is 41.9 Å². The number of nitro groups is 1. The van der Waals surface area contributed by atoms with Crippen LogP contribution in [0, 0.1) is 27.9 Å². The molecule has 0 aliphatic carbocycles. The second-order valence-electron chi connectivity index (χ2n) is 10.4. The summed E-state index contributed by atoms with van der Waals surface area (Å²) >= 11 is 0. The van der Waals surface area contributed by atoms with Gasteiger partial charge in [0.25, 0.3) is 0 Å². The van der Waals surface area contributed by atoms with E-state index in [-0.39, 0.29) is 11.4 Å². The minimum atomic E-state index is -0.418. The van der Waals surface area contributed by atoms with Crippen molar-refractivity contribution in [3.8, 4) is 34.5 Å². The normalized spacial score (nSPS) is 11.4. The largest absolute Gasteiger partial charge is 0.494 e. The molecule has 1 unspecified atom stereocenters. The molecule has 40 heavy (non-hydrogen) atoms. The number of hydrogen-bond donors (Lipinski definition) is 0. The van der Waals surface area contributed by atoms with E-state index < -0.39 is 4.92 Å². The zero-order valence-corrected chi connectivity index (χ0v) is 24.3. The molecule has 0 fully saturated rings. The lowest BCUT2D eigenvalue weighted by Crippen LogP contribution is -2.08. The SMILES string of the molecule is CCCCCCCCCCOc1ccc(-c2ccc(C#Cc3ccc(OCC(C)CC)c([N+](=O)[O-])c3)cc2)cc1. The Labute approximate surface area is 240 Å². The fraction of sp³-hybridized carbons (Fsp3) is 0.429. The molecule has 0 spiro atoms. The first kappa shape index (κ1) is 30.8. The number of rotatable bonds is 16. The average molecular weight is 542 g/mol. The highest BCUT2D eigenvalue weighted by molar-refractivity contribution is 5.65. The summed E-state index contributed by atoms with van der Waals surface area (Å²) < 4.78 is 11.6. The molecule has 1 atom stereocenters. The average Bonchev–Trinajstić information content (AvgIpc) is 2.98. The molecule has 0 amide bonds. The molecule has 212 valence electrons. The first-order valence-corrected chi connectivity index (χ1v) is 14.8. The molecule has 0 radical (unpaired) electrons. The molecule has 5 heteroatoms. The Morgan fingerprint density at radius 3 is 1.95 bits per heavy atom. The van der Waals surface area contributed by atoms with Crippen LogP contribution in [0.15, 0.2) is 66.7 Å². The predicted octanol–water partition coefficient (Wildman–Crippen LogP) is 9.61. The van der Waals surface area contributed by atoms with Gasteiger partial charge in [-0.2, -0.15) is 0 Å². The van der Waals surface area contributed by atoms with E-state index in [2.05, 4.69) is 44.7 Å². The van der Waals surface area contributed by atoms with E-state index in [0.29, 0.717) is 18.1 Å². The molecule has 0 heterocycles. The maximum absolute atomic E-state index is 11.6. The molecular weight excluding hydrogens is 498 g/mol. The van der Waals surface area contributed by atoms with E-state index >= 15 is 0 Å². The molecule has 5 nitrogen and oxygen atoms in total. The Kier molecular flexibility index (Phi) is 13.1. The van der Waals surface area contributed by atoms with Crippen LogP contribution in [-0.4, -0.2) is 18.1 Å². The smallest absolute Gasteiger partial charge is 0.312 e. The molecule has 0 aliphatic heterocycles. The summed E-state index contributed by atoms with van der Waals surface area (Å²) in [6, 6.07) is 21.1. The molecule has 0 N–H and O–H groups in total. The highest BCUT2D eigenvalue weighted by atomic mass is 16.6. The summed E-state index contributed by atoms with van der Waals surface area (Å²) in [6.45, 7) is 7.59. The van der Waals surface area contributed by atoms with Gasteiger partial charge in [0, 0.05) is 17.2 Å². The van der Waals surface area contributed by atoms with Crippen molar-refractivity contribution >= 4 is 5.69 Å². The van der Waals surface area contributed by atoms with Crippen LogP contribution in [-0.2, 0) is 0 Å². The molecule has 0 bridgehead atoms. The molecule has 3 aromatic carbocycles. The van der Waals surface area contributed by atoms with Gasteiger partial charge in [0.05, 0.1) is 18.1 Å². The van der Waals surface area contributed by atoms with Gasteiger partial charge in [0.2, 0.25) is 0 Å². The first-order valence-electron chi connectivity index (χ1n) is 14.8. The highest BCUT2D eigenvalue weighted by Crippen LogP contribution is 2.28. The number of ether oxygens (including phenoxy) is 2. The van der Waals surface area contributed by atoms with E-state index in [1.807, 2.05) is 36.4 Å². The number of unbranched alkanes of at least 4 members (excludes halogenated alkanes) is 7. The van der Waals surface area contributed by atoms with Crippen LogP contribution in [0.4, 0.5) is 5.69 Å². The summed E-state index contributed by atoms with van der Waals surface area (Å²) in [4.78, 5) is 11.1. The van der Waals surface area contributed by atoms with Crippen molar-refractivity contribution < 1.29 is 14.4 Å². The van der Waals surface area contributed by atoms with Crippen LogP contribution >= 0.6 is 0 Å². The zero-order chi connectivity index (χ0) is 28.6. The van der Waals surface area contributed by atoms with Gasteiger partial charge in [-0.1, -0.05) is 108 Å². The first-order chi connectivity index (χ1) is 19.5. The zero-order valence-electron chi connectivity index (χ0n) is 24.3. The van der Waals surface area contributed by atoms with Crippen LogP contribution in [0.25, 0.3) is 11.1 Å². The van der Waals surface area contributed by atoms with Gasteiger partial charge < -0.3 is 9.47 Å². The van der Waals surface area contributed by atoms with Crippen molar-refractivity contribution in [3.05, 3.63) is 88.0 Å². The van der Waals surface area contributed by atoms with Crippen molar-refractivity contribution in [2.75, 3.05) is 13.2 Å². The van der Waals surface area contributed by atoms with Crippen LogP contribution < -0.4 is 9.47 Å². The van der Waals surface area contributed by atoms with E-state index in [1.54, 1.807) is 12.1 Å². The second kappa shape index (κ2) is 17.0. The summed E-state index contributed by atoms with van der Waals surface area (Å²) in [7, 11) is 0. The van der Waals surface area contributed by atoms with Gasteiger partial charge in [-0.05, 0) is 59.9 Å². The topological polar surface area (TPSA) is 61.6 Å². The van der Waals surface area contributed by atoms with Gasteiger partial charge in [0.1, 0.15) is 5.75 Å². The number of nitro benzene ring substituents is 1. The maximum Gasteiger partial charge on any atom is 0.312 e. The Balaban J connectivity index is 1.51. The lowest BCUT2D eigenvalue weighted by atomic mass is 10.0. The highest BCUT2D eigenvalue weighted by Gasteiger charge is 2.16. The second-order valence-corrected chi connectivity index (χ2v) is 10.4. The van der Waals surface area contributed by atoms with Gasteiger partial charge in [0.15, 0.2) is 5.75 Å². The minimum Gasteiger partial charge on any atom is -0.494 e. The van der Waals surface area contributed by atoms with Crippen molar-refractivity contribution in [1.82, 2.24) is 0 Å². The van der Waals surface area contributed by atoms with Gasteiger partial charge >= 0.3 is 5.69 Å². The molecule has 0 aliphatic rings. The fourth-order valence-electron chi connectivity index (χ4n) is 4.27. The Morgan fingerprint density at radius 2 is 1.32 bits per heavy atom. The third-order valence-corrected chi connectivity index (χ3v) is 7.07. The maximum atomic E-state index is 11.6. The number of nitrogens with zero attached hydrogens (tertiary/aromatic N) is 1. The van der Waals surface area contributed by atoms with E-state index in [9.17, 15) is 10.1 Å².